The van der Waals surface area contributed by atoms with E-state index in [1.54, 1.807) is 0 Å². The van der Waals surface area contributed by atoms with Crippen LogP contribution >= 0.6 is 0 Å². The van der Waals surface area contributed by atoms with Gasteiger partial charge in [-0.25, -0.2) is 9.97 Å². The zero-order chi connectivity index (χ0) is 51.7. The predicted molar refractivity (Wildman–Crippen MR) is 322 cm³/mol. The Hall–Kier alpha value is -9.12. The minimum absolute atomic E-state index is 0.197. The van der Waals surface area contributed by atoms with Crippen LogP contribution in [0.5, 0.6) is 0 Å². The van der Waals surface area contributed by atoms with Crippen LogP contribution in [0.25, 0.3) is 68.4 Å². The number of aromatic nitrogens is 2. The van der Waals surface area contributed by atoms with E-state index in [-0.39, 0.29) is 10.8 Å². The minimum atomic E-state index is -0.197. The van der Waals surface area contributed by atoms with Crippen molar-refractivity contribution in [2.45, 2.75) is 52.4 Å². The van der Waals surface area contributed by atoms with Gasteiger partial charge < -0.3 is 0 Å². The SMILES string of the molecule is Cc1ccc(N(c2ccc3c(c2)C(C)(C)c2cc(C=Cc4ccc(C=Cc5ccc6c(c5)C(C)(C)c5cc(N(c7ccc(C)cc7)c7ccc8ccccc8n7)ccc5-6)cc4)ccc2-3)c2ccc3ccccc3n2)cc1. The zero-order valence-electron chi connectivity index (χ0n) is 43.9. The summed E-state index contributed by atoms with van der Waals surface area (Å²) in [5, 5.41) is 2.26. The minimum Gasteiger partial charge on any atom is -0.295 e. The molecule has 0 saturated carbocycles. The van der Waals surface area contributed by atoms with E-state index in [1.807, 2.05) is 0 Å². The van der Waals surface area contributed by atoms with Crippen molar-refractivity contribution in [1.29, 1.82) is 0 Å². The molecule has 0 spiro atoms. The van der Waals surface area contributed by atoms with Crippen LogP contribution in [0.4, 0.5) is 34.4 Å². The van der Waals surface area contributed by atoms with Gasteiger partial charge in [-0.3, -0.25) is 9.80 Å². The molecule has 0 atom stereocenters. The van der Waals surface area contributed by atoms with Crippen LogP contribution in [0.1, 0.15) is 83.3 Å². The number of hydrogen-bond donors (Lipinski definition) is 0. The fourth-order valence-corrected chi connectivity index (χ4v) is 11.6. The lowest BCUT2D eigenvalue weighted by Crippen LogP contribution is -2.17. The van der Waals surface area contributed by atoms with Crippen molar-refractivity contribution in [2.24, 2.45) is 0 Å². The van der Waals surface area contributed by atoms with E-state index < -0.39 is 0 Å². The number of fused-ring (bicyclic) bond motifs is 8. The van der Waals surface area contributed by atoms with Crippen molar-refractivity contribution in [3.8, 4) is 22.3 Å². The van der Waals surface area contributed by atoms with Gasteiger partial charge in [-0.05, 0) is 166 Å². The molecule has 2 aromatic heterocycles. The largest absolute Gasteiger partial charge is 0.295 e. The highest BCUT2D eigenvalue weighted by Crippen LogP contribution is 2.53. The molecule has 11 aromatic rings. The van der Waals surface area contributed by atoms with E-state index in [0.29, 0.717) is 0 Å². The van der Waals surface area contributed by atoms with Crippen LogP contribution in [-0.2, 0) is 10.8 Å². The summed E-state index contributed by atoms with van der Waals surface area (Å²) in [6, 6.07) is 79.3. The van der Waals surface area contributed by atoms with Crippen LogP contribution in [0, 0.1) is 13.8 Å². The lowest BCUT2D eigenvalue weighted by Gasteiger charge is -2.27. The Bertz CT molecular complexity index is 3850. The van der Waals surface area contributed by atoms with Crippen LogP contribution in [0.2, 0.25) is 0 Å². The van der Waals surface area contributed by atoms with E-state index in [9.17, 15) is 0 Å². The molecule has 9 aromatic carbocycles. The molecule has 0 saturated heterocycles. The highest BCUT2D eigenvalue weighted by Gasteiger charge is 2.38. The topological polar surface area (TPSA) is 32.3 Å². The fraction of sp³-hybridized carbons (Fsp3) is 0.111. The van der Waals surface area contributed by atoms with Gasteiger partial charge in [0.05, 0.1) is 11.0 Å². The van der Waals surface area contributed by atoms with E-state index in [0.717, 1.165) is 67.3 Å². The van der Waals surface area contributed by atoms with Gasteiger partial charge in [0.15, 0.2) is 0 Å². The average molecular weight is 979 g/mol. The number of nitrogens with zero attached hydrogens (tertiary/aromatic N) is 4. The summed E-state index contributed by atoms with van der Waals surface area (Å²) in [7, 11) is 0. The van der Waals surface area contributed by atoms with Gasteiger partial charge in [0.1, 0.15) is 11.6 Å². The summed E-state index contributed by atoms with van der Waals surface area (Å²) < 4.78 is 0. The van der Waals surface area contributed by atoms with Gasteiger partial charge in [-0.15, -0.1) is 0 Å². The second-order valence-corrected chi connectivity index (χ2v) is 21.7. The molecule has 4 heteroatoms. The smallest absolute Gasteiger partial charge is 0.138 e. The highest BCUT2D eigenvalue weighted by atomic mass is 15.2. The predicted octanol–water partition coefficient (Wildman–Crippen LogP) is 19.3. The Balaban J connectivity index is 0.721. The van der Waals surface area contributed by atoms with Crippen molar-refractivity contribution < 1.29 is 0 Å². The van der Waals surface area contributed by atoms with E-state index in [2.05, 4.69) is 294 Å². The van der Waals surface area contributed by atoms with Crippen LogP contribution in [-0.4, -0.2) is 9.97 Å². The molecule has 2 heterocycles. The fourth-order valence-electron chi connectivity index (χ4n) is 11.6. The molecular weight excluding hydrogens is 921 g/mol. The maximum atomic E-state index is 5.16. The monoisotopic (exact) mass is 978 g/mol. The Morgan fingerprint density at radius 1 is 0.316 bits per heavy atom. The summed E-state index contributed by atoms with van der Waals surface area (Å²) >= 11 is 0. The third-order valence-electron chi connectivity index (χ3n) is 16.0. The first-order chi connectivity index (χ1) is 36.9. The first-order valence-electron chi connectivity index (χ1n) is 26.4. The Morgan fingerprint density at radius 2 is 0.645 bits per heavy atom. The molecule has 0 unspecified atom stereocenters. The van der Waals surface area contributed by atoms with Crippen LogP contribution < -0.4 is 9.80 Å². The maximum absolute atomic E-state index is 5.16. The molecule has 2 aliphatic rings. The molecule has 0 bridgehead atoms. The molecule has 76 heavy (non-hydrogen) atoms. The van der Waals surface area contributed by atoms with Gasteiger partial charge in [0.2, 0.25) is 0 Å². The molecule has 0 radical (unpaired) electrons. The molecule has 0 N–H and O–H groups in total. The summed E-state index contributed by atoms with van der Waals surface area (Å²) in [6.45, 7) is 13.7. The molecular formula is C72H58N4. The van der Waals surface area contributed by atoms with Crippen molar-refractivity contribution in [3.05, 3.63) is 274 Å². The van der Waals surface area contributed by atoms with E-state index in [4.69, 9.17) is 9.97 Å². The molecule has 4 nitrogen and oxygen atoms in total. The summed E-state index contributed by atoms with van der Waals surface area (Å²) in [6.07, 6.45) is 8.94. The third-order valence-corrected chi connectivity index (χ3v) is 16.0. The number of aryl methyl sites for hydroxylation is 2. The number of hydrogen-bond acceptors (Lipinski definition) is 4. The summed E-state index contributed by atoms with van der Waals surface area (Å²) in [4.78, 5) is 14.9. The molecule has 0 fully saturated rings. The Morgan fingerprint density at radius 3 is 1.05 bits per heavy atom. The highest BCUT2D eigenvalue weighted by molar-refractivity contribution is 5.90. The van der Waals surface area contributed by atoms with Gasteiger partial charge in [0, 0.05) is 44.4 Å². The lowest BCUT2D eigenvalue weighted by atomic mass is 9.81. The third kappa shape index (κ3) is 8.27. The summed E-state index contributed by atoms with van der Waals surface area (Å²) in [5.41, 5.74) is 23.6. The van der Waals surface area contributed by atoms with Gasteiger partial charge >= 0.3 is 0 Å². The van der Waals surface area contributed by atoms with Crippen molar-refractivity contribution >= 4 is 80.5 Å². The summed E-state index contributed by atoms with van der Waals surface area (Å²) in [5.74, 6) is 1.80. The molecule has 0 aliphatic heterocycles. The molecule has 2 aliphatic carbocycles. The normalized spacial score (nSPS) is 13.8. The standard InChI is InChI=1S/C72H58N4/c1-47-15-31-55(32-16-47)75(69-41-29-53-11-7-9-13-67(53)73-69)57-35-39-61-59-37-27-51(43-63(59)71(3,4)65(61)45-57)25-23-49-19-21-50(22-20-49)24-26-52-28-38-60-62-40-36-58(46-66(62)72(5,6)64(60)44-52)76(56-33-17-48(2)18-34-56)70-42-30-54-12-8-10-14-68(54)74-70/h7-46H,1-6H3. The van der Waals surface area contributed by atoms with Gasteiger partial charge in [0.25, 0.3) is 0 Å². The first-order valence-corrected chi connectivity index (χ1v) is 26.4. The van der Waals surface area contributed by atoms with Crippen molar-refractivity contribution in [1.82, 2.24) is 9.97 Å². The van der Waals surface area contributed by atoms with Crippen LogP contribution in [0.3, 0.4) is 0 Å². The number of para-hydroxylation sites is 2. The lowest BCUT2D eigenvalue weighted by molar-refractivity contribution is 0.660. The van der Waals surface area contributed by atoms with Gasteiger partial charge in [-0.1, -0.05) is 197 Å². The van der Waals surface area contributed by atoms with E-state index in [1.165, 1.54) is 66.8 Å². The number of rotatable bonds is 10. The second-order valence-electron chi connectivity index (χ2n) is 21.7. The molecule has 13 rings (SSSR count). The van der Waals surface area contributed by atoms with Crippen molar-refractivity contribution in [3.63, 3.8) is 0 Å². The second kappa shape index (κ2) is 18.4. The van der Waals surface area contributed by atoms with E-state index >= 15 is 0 Å². The van der Waals surface area contributed by atoms with Crippen LogP contribution in [0.15, 0.2) is 218 Å². The average Bonchev–Trinajstić information content (AvgIpc) is 4.00. The number of benzene rings is 9. The van der Waals surface area contributed by atoms with Gasteiger partial charge in [-0.2, -0.15) is 0 Å². The molecule has 366 valence electrons. The van der Waals surface area contributed by atoms with Crippen molar-refractivity contribution in [2.75, 3.05) is 9.80 Å². The Labute approximate surface area is 446 Å². The number of pyridine rings is 2. The molecule has 0 amide bonds. The first kappa shape index (κ1) is 46.7. The zero-order valence-corrected chi connectivity index (χ0v) is 43.9. The number of anilines is 6. The maximum Gasteiger partial charge on any atom is 0.138 e. The Kier molecular flexibility index (Phi) is 11.3. The quantitative estimate of drug-likeness (QED) is 0.128.